The van der Waals surface area contributed by atoms with Crippen LogP contribution in [0.15, 0.2) is 59.3 Å². The van der Waals surface area contributed by atoms with Gasteiger partial charge in [0.05, 0.1) is 0 Å². The van der Waals surface area contributed by atoms with Crippen molar-refractivity contribution in [1.29, 1.82) is 0 Å². The molecule has 168 valence electrons. The second-order valence-electron chi connectivity index (χ2n) is 9.15. The molecule has 4 heterocycles. The summed E-state index contributed by atoms with van der Waals surface area (Å²) in [6.45, 7) is 4.69. The Morgan fingerprint density at radius 2 is 1.94 bits per heavy atom. The van der Waals surface area contributed by atoms with E-state index in [1.54, 1.807) is 0 Å². The average Bonchev–Trinajstić information content (AvgIpc) is 3.45. The molecule has 2 amide bonds. The molecule has 32 heavy (non-hydrogen) atoms. The molecule has 0 aromatic heterocycles. The summed E-state index contributed by atoms with van der Waals surface area (Å²) < 4.78 is 0. The number of carbonyl (C=O) groups excluding carboxylic acids is 2. The Labute approximate surface area is 189 Å². The second kappa shape index (κ2) is 8.92. The Morgan fingerprint density at radius 1 is 1.16 bits per heavy atom. The fourth-order valence-electron chi connectivity index (χ4n) is 5.06. The molecule has 1 aromatic carbocycles. The van der Waals surface area contributed by atoms with Gasteiger partial charge in [0.1, 0.15) is 6.17 Å². The number of hydrogen-bond donors (Lipinski definition) is 3. The molecule has 0 spiro atoms. The second-order valence-corrected chi connectivity index (χ2v) is 9.15. The number of urea groups is 1. The highest BCUT2D eigenvalue weighted by Crippen LogP contribution is 2.30. The van der Waals surface area contributed by atoms with Gasteiger partial charge < -0.3 is 25.8 Å². The molecule has 5 rings (SSSR count). The maximum atomic E-state index is 13.5. The van der Waals surface area contributed by atoms with Crippen molar-refractivity contribution >= 4 is 11.8 Å². The van der Waals surface area contributed by atoms with E-state index in [1.165, 1.54) is 16.7 Å². The third-order valence-corrected chi connectivity index (χ3v) is 6.88. The van der Waals surface area contributed by atoms with E-state index in [4.69, 9.17) is 0 Å². The molecular weight excluding hydrogens is 402 g/mol. The molecule has 3 N–H and O–H groups in total. The van der Waals surface area contributed by atoms with E-state index in [1.807, 2.05) is 29.3 Å². The zero-order valence-corrected chi connectivity index (χ0v) is 18.6. The summed E-state index contributed by atoms with van der Waals surface area (Å²) in [5.74, 6) is 0.203. The first-order valence-electron chi connectivity index (χ1n) is 11.5. The van der Waals surface area contributed by atoms with Crippen molar-refractivity contribution in [1.82, 2.24) is 25.8 Å². The molecule has 2 atom stereocenters. The van der Waals surface area contributed by atoms with Crippen LogP contribution in [0.3, 0.4) is 0 Å². The number of dihydropyridines is 1. The van der Waals surface area contributed by atoms with Crippen LogP contribution in [0.4, 0.5) is 4.79 Å². The number of hydrogen-bond acceptors (Lipinski definition) is 5. The van der Waals surface area contributed by atoms with E-state index in [-0.39, 0.29) is 17.7 Å². The first kappa shape index (κ1) is 21.0. The van der Waals surface area contributed by atoms with Gasteiger partial charge in [-0.1, -0.05) is 30.3 Å². The van der Waals surface area contributed by atoms with Crippen molar-refractivity contribution in [2.75, 3.05) is 33.2 Å². The number of nitrogens with zero attached hydrogens (tertiary/aromatic N) is 2. The summed E-state index contributed by atoms with van der Waals surface area (Å²) in [6.07, 6.45) is 7.38. The van der Waals surface area contributed by atoms with Crippen LogP contribution in [0.1, 0.15) is 24.0 Å². The molecule has 1 aromatic rings. The number of rotatable bonds is 4. The number of carbonyl (C=O) groups is 2. The topological polar surface area (TPSA) is 76.7 Å². The number of allylic oxidation sites excluding steroid dienone is 2. The number of ketones is 1. The van der Waals surface area contributed by atoms with Crippen LogP contribution in [-0.2, 0) is 17.9 Å². The molecule has 4 aliphatic rings. The number of fused-ring (bicyclic) bond motifs is 1. The highest BCUT2D eigenvalue weighted by atomic mass is 16.2. The lowest BCUT2D eigenvalue weighted by Gasteiger charge is -2.29. The SMILES string of the molecule is CN1CCC(C(=O)C2=CC(NC(=O)N3Cc4ccccc4C3)NC=C2C2=CCNCC2)C1. The summed E-state index contributed by atoms with van der Waals surface area (Å²) in [4.78, 5) is 30.5. The minimum absolute atomic E-state index is 0.0134. The molecule has 4 aliphatic heterocycles. The fraction of sp³-hybridized carbons (Fsp3) is 0.440. The number of benzene rings is 1. The first-order valence-corrected chi connectivity index (χ1v) is 11.5. The predicted octanol–water partition coefficient (Wildman–Crippen LogP) is 1.89. The van der Waals surface area contributed by atoms with Crippen LogP contribution in [-0.4, -0.2) is 61.0 Å². The molecular formula is C25H31N5O2. The van der Waals surface area contributed by atoms with Gasteiger partial charge in [0.15, 0.2) is 5.78 Å². The predicted molar refractivity (Wildman–Crippen MR) is 123 cm³/mol. The minimum Gasteiger partial charge on any atom is -0.367 e. The van der Waals surface area contributed by atoms with Gasteiger partial charge in [-0.25, -0.2) is 4.79 Å². The number of amides is 2. The minimum atomic E-state index is -0.407. The largest absolute Gasteiger partial charge is 0.367 e. The van der Waals surface area contributed by atoms with E-state index in [9.17, 15) is 9.59 Å². The summed E-state index contributed by atoms with van der Waals surface area (Å²) in [6, 6.07) is 8.02. The maximum absolute atomic E-state index is 13.5. The van der Waals surface area contributed by atoms with Gasteiger partial charge in [0.25, 0.3) is 0 Å². The third-order valence-electron chi connectivity index (χ3n) is 6.88. The van der Waals surface area contributed by atoms with Crippen LogP contribution in [0.2, 0.25) is 0 Å². The van der Waals surface area contributed by atoms with E-state index in [2.05, 4.69) is 46.1 Å². The number of nitrogens with one attached hydrogen (secondary N) is 3. The van der Waals surface area contributed by atoms with Gasteiger partial charge >= 0.3 is 6.03 Å². The van der Waals surface area contributed by atoms with Crippen LogP contribution in [0, 0.1) is 5.92 Å². The smallest absolute Gasteiger partial charge is 0.319 e. The fourth-order valence-corrected chi connectivity index (χ4v) is 5.06. The normalized spacial score (nSPS) is 25.4. The van der Waals surface area contributed by atoms with Crippen LogP contribution >= 0.6 is 0 Å². The Kier molecular flexibility index (Phi) is 5.85. The van der Waals surface area contributed by atoms with Gasteiger partial charge in [-0.3, -0.25) is 4.79 Å². The van der Waals surface area contributed by atoms with E-state index in [0.717, 1.165) is 50.2 Å². The van der Waals surface area contributed by atoms with E-state index < -0.39 is 6.17 Å². The lowest BCUT2D eigenvalue weighted by atomic mass is 9.85. The summed E-state index contributed by atoms with van der Waals surface area (Å²) in [5.41, 5.74) is 5.30. The zero-order valence-electron chi connectivity index (χ0n) is 18.6. The molecule has 7 nitrogen and oxygen atoms in total. The van der Waals surface area contributed by atoms with Crippen molar-refractivity contribution in [3.05, 3.63) is 70.5 Å². The van der Waals surface area contributed by atoms with Crippen molar-refractivity contribution in [2.24, 2.45) is 5.92 Å². The van der Waals surface area contributed by atoms with Gasteiger partial charge in [-0.2, -0.15) is 0 Å². The van der Waals surface area contributed by atoms with Gasteiger partial charge in [-0.05, 0) is 55.8 Å². The highest BCUT2D eigenvalue weighted by molar-refractivity contribution is 6.03. The lowest BCUT2D eigenvalue weighted by Crippen LogP contribution is -2.48. The van der Waals surface area contributed by atoms with Crippen molar-refractivity contribution in [3.63, 3.8) is 0 Å². The first-order chi connectivity index (χ1) is 15.6. The monoisotopic (exact) mass is 433 g/mol. The Balaban J connectivity index is 1.33. The van der Waals surface area contributed by atoms with E-state index >= 15 is 0 Å². The van der Waals surface area contributed by atoms with Gasteiger partial charge in [0, 0.05) is 49.4 Å². The quantitative estimate of drug-likeness (QED) is 0.676. The molecule has 0 aliphatic carbocycles. The third kappa shape index (κ3) is 4.23. The van der Waals surface area contributed by atoms with E-state index in [0.29, 0.717) is 13.1 Å². The van der Waals surface area contributed by atoms with Crippen molar-refractivity contribution in [3.8, 4) is 0 Å². The average molecular weight is 434 g/mol. The lowest BCUT2D eigenvalue weighted by molar-refractivity contribution is -0.118. The Morgan fingerprint density at radius 3 is 2.59 bits per heavy atom. The summed E-state index contributed by atoms with van der Waals surface area (Å²) >= 11 is 0. The highest BCUT2D eigenvalue weighted by Gasteiger charge is 2.33. The van der Waals surface area contributed by atoms with Crippen LogP contribution in [0.25, 0.3) is 0 Å². The number of Topliss-reactive ketones (excluding diaryl/α,β-unsaturated/α-hetero) is 1. The summed E-state index contributed by atoms with van der Waals surface area (Å²) in [5, 5.41) is 9.70. The molecule has 1 fully saturated rings. The zero-order chi connectivity index (χ0) is 22.1. The van der Waals surface area contributed by atoms with Crippen LogP contribution < -0.4 is 16.0 Å². The molecule has 1 saturated heterocycles. The maximum Gasteiger partial charge on any atom is 0.319 e. The summed E-state index contributed by atoms with van der Waals surface area (Å²) in [7, 11) is 2.06. The van der Waals surface area contributed by atoms with Gasteiger partial charge in [-0.15, -0.1) is 0 Å². The van der Waals surface area contributed by atoms with Crippen molar-refractivity contribution in [2.45, 2.75) is 32.1 Å². The standard InChI is InChI=1S/C25H31N5O2/c1-29-11-8-20(14-29)24(31)21-12-23(27-13-22(21)17-6-9-26-10-7-17)28-25(32)30-15-18-4-2-3-5-19(18)16-30/h2-6,12-13,20,23,26-27H,7-11,14-16H2,1H3,(H,28,32). The molecule has 7 heteroatoms. The molecule has 0 radical (unpaired) electrons. The Bertz CT molecular complexity index is 986. The van der Waals surface area contributed by atoms with Crippen LogP contribution in [0.5, 0.6) is 0 Å². The Hall–Kier alpha value is -2.90. The van der Waals surface area contributed by atoms with Gasteiger partial charge in [0.2, 0.25) is 0 Å². The molecule has 2 unspecified atom stereocenters. The van der Waals surface area contributed by atoms with Crippen molar-refractivity contribution < 1.29 is 9.59 Å². The molecule has 0 bridgehead atoms. The number of likely N-dealkylation sites (tertiary alicyclic amines) is 1. The molecule has 0 saturated carbocycles.